The molecule has 0 fully saturated rings. The lowest BCUT2D eigenvalue weighted by Crippen LogP contribution is -2.13. The summed E-state index contributed by atoms with van der Waals surface area (Å²) in [6.07, 6.45) is 0. The zero-order chi connectivity index (χ0) is 18.1. The van der Waals surface area contributed by atoms with Crippen molar-refractivity contribution < 1.29 is 13.9 Å². The van der Waals surface area contributed by atoms with Gasteiger partial charge in [0.1, 0.15) is 17.0 Å². The van der Waals surface area contributed by atoms with Gasteiger partial charge in [-0.15, -0.1) is 16.4 Å². The Morgan fingerprint density at radius 1 is 1.42 bits per heavy atom. The molecule has 8 nitrogen and oxygen atoms in total. The summed E-state index contributed by atoms with van der Waals surface area (Å²) in [7, 11) is 1.29. The van der Waals surface area contributed by atoms with Crippen molar-refractivity contribution in [3.63, 3.8) is 0 Å². The predicted molar refractivity (Wildman–Crippen MR) is 96.5 cm³/mol. The number of hydrogen-bond acceptors (Lipinski definition) is 8. The van der Waals surface area contributed by atoms with Crippen molar-refractivity contribution in [1.82, 2.24) is 19.8 Å². The van der Waals surface area contributed by atoms with E-state index in [-0.39, 0.29) is 11.3 Å². The molecule has 132 valence electrons. The number of aromatic amines is 1. The number of methoxy groups -OCH3 is 1. The van der Waals surface area contributed by atoms with Gasteiger partial charge in [0.05, 0.1) is 17.7 Å². The second-order valence-corrected chi connectivity index (χ2v) is 7.08. The predicted octanol–water partition coefficient (Wildman–Crippen LogP) is 2.82. The molecule has 0 saturated heterocycles. The Hall–Kier alpha value is -2.85. The fraction of sp³-hybridized carbons (Fsp3) is 0.125. The first-order valence-electron chi connectivity index (χ1n) is 7.48. The van der Waals surface area contributed by atoms with E-state index in [1.807, 2.05) is 17.5 Å². The van der Waals surface area contributed by atoms with Crippen LogP contribution in [0.3, 0.4) is 0 Å². The van der Waals surface area contributed by atoms with Crippen molar-refractivity contribution in [2.24, 2.45) is 0 Å². The number of esters is 1. The van der Waals surface area contributed by atoms with Crippen molar-refractivity contribution in [2.75, 3.05) is 7.11 Å². The van der Waals surface area contributed by atoms with Crippen LogP contribution >= 0.6 is 23.1 Å². The number of aromatic nitrogens is 4. The quantitative estimate of drug-likeness (QED) is 0.414. The molecule has 4 heterocycles. The van der Waals surface area contributed by atoms with Crippen molar-refractivity contribution in [1.29, 1.82) is 0 Å². The molecule has 0 aliphatic rings. The molecule has 4 aromatic rings. The van der Waals surface area contributed by atoms with Gasteiger partial charge < -0.3 is 9.15 Å². The van der Waals surface area contributed by atoms with Crippen molar-refractivity contribution in [2.45, 2.75) is 10.9 Å². The first kappa shape index (κ1) is 16.6. The number of nitrogens with zero attached hydrogens (tertiary/aromatic N) is 3. The van der Waals surface area contributed by atoms with Crippen LogP contribution in [0.25, 0.3) is 16.1 Å². The average molecular weight is 388 g/mol. The van der Waals surface area contributed by atoms with Gasteiger partial charge in [-0.3, -0.25) is 4.79 Å². The van der Waals surface area contributed by atoms with E-state index in [1.54, 1.807) is 29.5 Å². The third kappa shape index (κ3) is 3.04. The van der Waals surface area contributed by atoms with E-state index in [1.165, 1.54) is 23.4 Å². The molecule has 0 radical (unpaired) electrons. The number of hydrogen-bond donors (Lipinski definition) is 1. The fourth-order valence-corrected chi connectivity index (χ4v) is 3.81. The number of H-pyrrole nitrogens is 1. The zero-order valence-electron chi connectivity index (χ0n) is 13.5. The van der Waals surface area contributed by atoms with Crippen LogP contribution in [0.4, 0.5) is 0 Å². The normalized spacial score (nSPS) is 11.1. The van der Waals surface area contributed by atoms with Crippen LogP contribution in [0.15, 0.2) is 50.1 Å². The van der Waals surface area contributed by atoms with Crippen molar-refractivity contribution >= 4 is 34.6 Å². The molecule has 10 heteroatoms. The van der Waals surface area contributed by atoms with Crippen LogP contribution < -0.4 is 5.56 Å². The summed E-state index contributed by atoms with van der Waals surface area (Å²) in [4.78, 5) is 24.5. The van der Waals surface area contributed by atoms with E-state index < -0.39 is 5.97 Å². The molecule has 0 amide bonds. The first-order chi connectivity index (χ1) is 12.7. The van der Waals surface area contributed by atoms with Crippen LogP contribution in [0, 0.1) is 0 Å². The molecule has 0 aromatic carbocycles. The maximum Gasteiger partial charge on any atom is 0.373 e. The van der Waals surface area contributed by atoms with Crippen LogP contribution in [0.5, 0.6) is 0 Å². The van der Waals surface area contributed by atoms with Gasteiger partial charge in [-0.1, -0.05) is 17.8 Å². The topological polar surface area (TPSA) is 102 Å². The highest BCUT2D eigenvalue weighted by Gasteiger charge is 2.15. The van der Waals surface area contributed by atoms with Gasteiger partial charge in [0.25, 0.3) is 5.56 Å². The number of ether oxygens (including phenoxy) is 1. The molecule has 4 rings (SSSR count). The summed E-state index contributed by atoms with van der Waals surface area (Å²) in [5.41, 5.74) is 0.822. The van der Waals surface area contributed by atoms with Gasteiger partial charge in [-0.05, 0) is 29.6 Å². The molecule has 0 spiro atoms. The Labute approximate surface area is 154 Å². The highest BCUT2D eigenvalue weighted by Crippen LogP contribution is 2.26. The minimum Gasteiger partial charge on any atom is -0.463 e. The number of thiophene rings is 1. The SMILES string of the molecule is COC(=O)c1ccc(CSc2n[nH]c(=O)c3cc(-c4cccs4)nn23)o1. The standard InChI is InChI=1S/C16H12N4O4S2/c1-23-15(22)12-5-4-9(24-12)8-26-16-18-17-14(21)11-7-10(19-20(11)16)13-3-2-6-25-13/h2-7H,8H2,1H3,(H,17,21). The number of rotatable bonds is 5. The molecule has 26 heavy (non-hydrogen) atoms. The summed E-state index contributed by atoms with van der Waals surface area (Å²) >= 11 is 2.88. The summed E-state index contributed by atoms with van der Waals surface area (Å²) in [5, 5.41) is 13.5. The van der Waals surface area contributed by atoms with Gasteiger partial charge in [-0.25, -0.2) is 14.4 Å². The summed E-state index contributed by atoms with van der Waals surface area (Å²) in [5.74, 6) is 0.613. The first-order valence-corrected chi connectivity index (χ1v) is 9.34. The fourth-order valence-electron chi connectivity index (χ4n) is 2.33. The number of carbonyl (C=O) groups excluding carboxylic acids is 1. The van der Waals surface area contributed by atoms with Gasteiger partial charge in [-0.2, -0.15) is 5.10 Å². The Balaban J connectivity index is 1.62. The van der Waals surface area contributed by atoms with E-state index >= 15 is 0 Å². The molecule has 4 aromatic heterocycles. The molecule has 0 aliphatic heterocycles. The molecular weight excluding hydrogens is 376 g/mol. The lowest BCUT2D eigenvalue weighted by Gasteiger charge is -2.01. The monoisotopic (exact) mass is 388 g/mol. The van der Waals surface area contributed by atoms with Crippen LogP contribution in [-0.2, 0) is 10.5 Å². The summed E-state index contributed by atoms with van der Waals surface area (Å²) in [6.45, 7) is 0. The molecule has 0 saturated carbocycles. The molecule has 0 bridgehead atoms. The lowest BCUT2D eigenvalue weighted by molar-refractivity contribution is 0.0563. The Bertz CT molecular complexity index is 1130. The summed E-state index contributed by atoms with van der Waals surface area (Å²) in [6, 6.07) is 8.86. The average Bonchev–Trinajstić information content (AvgIpc) is 3.39. The Morgan fingerprint density at radius 3 is 3.08 bits per heavy atom. The van der Waals surface area contributed by atoms with Gasteiger partial charge in [0, 0.05) is 0 Å². The minimum atomic E-state index is -0.529. The number of thioether (sulfide) groups is 1. The molecule has 0 unspecified atom stereocenters. The largest absolute Gasteiger partial charge is 0.463 e. The number of nitrogens with one attached hydrogen (secondary N) is 1. The Morgan fingerprint density at radius 2 is 2.31 bits per heavy atom. The van der Waals surface area contributed by atoms with E-state index in [0.717, 1.165) is 4.88 Å². The van der Waals surface area contributed by atoms with Crippen molar-refractivity contribution in [3.8, 4) is 10.6 Å². The molecule has 1 N–H and O–H groups in total. The Kier molecular flexibility index (Phi) is 4.35. The smallest absolute Gasteiger partial charge is 0.373 e. The third-order valence-electron chi connectivity index (χ3n) is 3.54. The van der Waals surface area contributed by atoms with Gasteiger partial charge in [0.2, 0.25) is 10.9 Å². The molecular formula is C16H12N4O4S2. The second kappa shape index (κ2) is 6.81. The highest BCUT2D eigenvalue weighted by molar-refractivity contribution is 7.98. The van der Waals surface area contributed by atoms with E-state index in [9.17, 15) is 9.59 Å². The van der Waals surface area contributed by atoms with Gasteiger partial charge >= 0.3 is 5.97 Å². The van der Waals surface area contributed by atoms with Crippen LogP contribution in [0.1, 0.15) is 16.3 Å². The maximum absolute atomic E-state index is 12.0. The summed E-state index contributed by atoms with van der Waals surface area (Å²) < 4.78 is 11.6. The number of fused-ring (bicyclic) bond motifs is 1. The van der Waals surface area contributed by atoms with E-state index in [0.29, 0.717) is 27.9 Å². The minimum absolute atomic E-state index is 0.141. The number of furan rings is 1. The van der Waals surface area contributed by atoms with Crippen LogP contribution in [-0.4, -0.2) is 32.9 Å². The van der Waals surface area contributed by atoms with Crippen LogP contribution in [0.2, 0.25) is 0 Å². The highest BCUT2D eigenvalue weighted by atomic mass is 32.2. The van der Waals surface area contributed by atoms with E-state index in [2.05, 4.69) is 20.0 Å². The molecule has 0 aliphatic carbocycles. The van der Waals surface area contributed by atoms with Gasteiger partial charge in [0.15, 0.2) is 0 Å². The number of carbonyl (C=O) groups is 1. The third-order valence-corrected chi connectivity index (χ3v) is 5.39. The zero-order valence-corrected chi connectivity index (χ0v) is 15.1. The van der Waals surface area contributed by atoms with E-state index in [4.69, 9.17) is 4.42 Å². The molecule has 0 atom stereocenters. The lowest BCUT2D eigenvalue weighted by atomic mass is 10.3. The second-order valence-electron chi connectivity index (χ2n) is 5.19. The van der Waals surface area contributed by atoms with Crippen molar-refractivity contribution in [3.05, 3.63) is 57.6 Å². The maximum atomic E-state index is 12.0.